The third kappa shape index (κ3) is 13.4. The van der Waals surface area contributed by atoms with Crippen LogP contribution in [0.4, 0.5) is 0 Å². The summed E-state index contributed by atoms with van der Waals surface area (Å²) in [5.74, 6) is 1.94. The molecular formula is C38H55O2S+. The molecule has 3 rings (SSSR count). The molecule has 0 spiro atoms. The summed E-state index contributed by atoms with van der Waals surface area (Å²) >= 11 is 0. The van der Waals surface area contributed by atoms with Crippen molar-refractivity contribution in [2.75, 3.05) is 13.2 Å². The van der Waals surface area contributed by atoms with Crippen molar-refractivity contribution in [1.82, 2.24) is 0 Å². The SMILES string of the molecule is CCCCCCCCCCOc1ccc([S+](c2ccccc2)c2ccc(OCCCCCCCCCC)cc2)cc1. The van der Waals surface area contributed by atoms with Gasteiger partial charge in [-0.25, -0.2) is 0 Å². The zero-order valence-corrected chi connectivity index (χ0v) is 26.8. The molecule has 0 heterocycles. The molecule has 0 saturated heterocycles. The Hall–Kier alpha value is -2.39. The molecule has 0 radical (unpaired) electrons. The average Bonchev–Trinajstić information content (AvgIpc) is 3.01. The molecule has 0 aliphatic rings. The van der Waals surface area contributed by atoms with E-state index < -0.39 is 0 Å². The highest BCUT2D eigenvalue weighted by molar-refractivity contribution is 7.97. The lowest BCUT2D eigenvalue weighted by Gasteiger charge is -2.11. The van der Waals surface area contributed by atoms with E-state index in [1.165, 1.54) is 105 Å². The van der Waals surface area contributed by atoms with Crippen molar-refractivity contribution in [3.05, 3.63) is 78.9 Å². The van der Waals surface area contributed by atoms with Gasteiger partial charge in [-0.15, -0.1) is 0 Å². The molecule has 0 bridgehead atoms. The second kappa shape index (κ2) is 21.3. The van der Waals surface area contributed by atoms with Crippen LogP contribution in [0.25, 0.3) is 0 Å². The highest BCUT2D eigenvalue weighted by Gasteiger charge is 2.28. The first-order chi connectivity index (χ1) is 20.3. The van der Waals surface area contributed by atoms with Crippen LogP contribution < -0.4 is 9.47 Å². The zero-order chi connectivity index (χ0) is 28.8. The molecule has 2 nitrogen and oxygen atoms in total. The van der Waals surface area contributed by atoms with Crippen LogP contribution in [0.5, 0.6) is 11.5 Å². The molecule has 0 aliphatic heterocycles. The Kier molecular flexibility index (Phi) is 17.2. The first-order valence-corrected chi connectivity index (χ1v) is 17.8. The van der Waals surface area contributed by atoms with Crippen LogP contribution in [0, 0.1) is 0 Å². The standard InChI is InChI=1S/C38H55O2S/c1-3-5-7-9-11-13-15-20-32-39-34-24-28-37(29-25-34)41(36-22-18-17-19-23-36)38-30-26-35(27-31-38)40-33-21-16-14-12-10-8-6-4-2/h17-19,22-31H,3-16,20-21,32-33H2,1-2H3/q+1. The number of unbranched alkanes of at least 4 members (excludes halogenated alkanes) is 14. The lowest BCUT2D eigenvalue weighted by atomic mass is 10.1. The molecule has 224 valence electrons. The van der Waals surface area contributed by atoms with E-state index in [0.717, 1.165) is 37.6 Å². The van der Waals surface area contributed by atoms with E-state index in [-0.39, 0.29) is 10.9 Å². The maximum Gasteiger partial charge on any atom is 0.166 e. The Morgan fingerprint density at radius 1 is 0.390 bits per heavy atom. The summed E-state index contributed by atoms with van der Waals surface area (Å²) in [6, 6.07) is 28.4. The smallest absolute Gasteiger partial charge is 0.166 e. The van der Waals surface area contributed by atoms with Gasteiger partial charge in [-0.3, -0.25) is 0 Å². The molecule has 3 aromatic rings. The molecule has 0 aliphatic carbocycles. The van der Waals surface area contributed by atoms with E-state index in [1.54, 1.807) is 0 Å². The van der Waals surface area contributed by atoms with Gasteiger partial charge in [-0.05, 0) is 73.5 Å². The van der Waals surface area contributed by atoms with Crippen molar-refractivity contribution in [2.45, 2.75) is 131 Å². The van der Waals surface area contributed by atoms with Crippen molar-refractivity contribution in [3.8, 4) is 11.5 Å². The first kappa shape index (κ1) is 33.1. The monoisotopic (exact) mass is 575 g/mol. The normalized spacial score (nSPS) is 11.2. The Labute approximate surface area is 254 Å². The maximum atomic E-state index is 6.08. The second-order valence-electron chi connectivity index (χ2n) is 11.2. The molecular weight excluding hydrogens is 520 g/mol. The molecule has 0 fully saturated rings. The summed E-state index contributed by atoms with van der Waals surface area (Å²) in [7, 11) is -0.170. The van der Waals surface area contributed by atoms with Crippen molar-refractivity contribution in [2.24, 2.45) is 0 Å². The van der Waals surface area contributed by atoms with Gasteiger partial charge in [0.05, 0.1) is 24.1 Å². The largest absolute Gasteiger partial charge is 0.494 e. The highest BCUT2D eigenvalue weighted by atomic mass is 32.2. The zero-order valence-electron chi connectivity index (χ0n) is 26.0. The minimum Gasteiger partial charge on any atom is -0.494 e. The lowest BCUT2D eigenvalue weighted by Crippen LogP contribution is -2.05. The third-order valence-corrected chi connectivity index (χ3v) is 9.86. The van der Waals surface area contributed by atoms with Crippen LogP contribution in [0.1, 0.15) is 117 Å². The van der Waals surface area contributed by atoms with Crippen LogP contribution in [0.2, 0.25) is 0 Å². The van der Waals surface area contributed by atoms with Gasteiger partial charge < -0.3 is 9.47 Å². The molecule has 0 aromatic heterocycles. The average molecular weight is 576 g/mol. The fourth-order valence-corrected chi connectivity index (χ4v) is 7.22. The second-order valence-corrected chi connectivity index (χ2v) is 13.2. The summed E-state index contributed by atoms with van der Waals surface area (Å²) in [6.45, 7) is 6.16. The predicted molar refractivity (Wildman–Crippen MR) is 178 cm³/mol. The molecule has 0 unspecified atom stereocenters. The topological polar surface area (TPSA) is 18.5 Å². The van der Waals surface area contributed by atoms with Gasteiger partial charge in [0, 0.05) is 0 Å². The minimum atomic E-state index is -0.170. The van der Waals surface area contributed by atoms with E-state index in [0.29, 0.717) is 0 Å². The maximum absolute atomic E-state index is 6.08. The first-order valence-electron chi connectivity index (χ1n) is 16.6. The van der Waals surface area contributed by atoms with Crippen LogP contribution in [0.15, 0.2) is 93.5 Å². The number of benzene rings is 3. The summed E-state index contributed by atoms with van der Waals surface area (Å²) in [6.07, 6.45) is 21.1. The Balaban J connectivity index is 1.47. The molecule has 3 heteroatoms. The van der Waals surface area contributed by atoms with Crippen LogP contribution in [0.3, 0.4) is 0 Å². The van der Waals surface area contributed by atoms with Crippen LogP contribution in [-0.2, 0) is 10.9 Å². The number of rotatable bonds is 23. The van der Waals surface area contributed by atoms with Gasteiger partial charge in [0.25, 0.3) is 0 Å². The summed E-state index contributed by atoms with van der Waals surface area (Å²) in [5, 5.41) is 0. The van der Waals surface area contributed by atoms with E-state index in [1.807, 2.05) is 0 Å². The Morgan fingerprint density at radius 2 is 0.732 bits per heavy atom. The number of hydrogen-bond acceptors (Lipinski definition) is 2. The van der Waals surface area contributed by atoms with Crippen molar-refractivity contribution < 1.29 is 9.47 Å². The van der Waals surface area contributed by atoms with Crippen molar-refractivity contribution in [3.63, 3.8) is 0 Å². The van der Waals surface area contributed by atoms with E-state index in [4.69, 9.17) is 9.47 Å². The van der Waals surface area contributed by atoms with E-state index >= 15 is 0 Å². The fourth-order valence-electron chi connectivity index (χ4n) is 5.16. The van der Waals surface area contributed by atoms with Crippen LogP contribution in [-0.4, -0.2) is 13.2 Å². The van der Waals surface area contributed by atoms with E-state index in [2.05, 4.69) is 92.7 Å². The van der Waals surface area contributed by atoms with Crippen molar-refractivity contribution >= 4 is 10.9 Å². The van der Waals surface area contributed by atoms with E-state index in [9.17, 15) is 0 Å². The Bertz CT molecular complexity index is 951. The fraction of sp³-hybridized carbons (Fsp3) is 0.526. The quantitative estimate of drug-likeness (QED) is 0.0827. The highest BCUT2D eigenvalue weighted by Crippen LogP contribution is 2.33. The molecule has 0 saturated carbocycles. The van der Waals surface area contributed by atoms with Gasteiger partial charge >= 0.3 is 0 Å². The summed E-state index contributed by atoms with van der Waals surface area (Å²) in [4.78, 5) is 3.94. The lowest BCUT2D eigenvalue weighted by molar-refractivity contribution is 0.304. The third-order valence-electron chi connectivity index (χ3n) is 7.63. The predicted octanol–water partition coefficient (Wildman–Crippen LogP) is 11.8. The number of hydrogen-bond donors (Lipinski definition) is 0. The van der Waals surface area contributed by atoms with Gasteiger partial charge in [0.15, 0.2) is 14.7 Å². The Morgan fingerprint density at radius 3 is 1.12 bits per heavy atom. The minimum absolute atomic E-state index is 0.170. The number of ether oxygens (including phenoxy) is 2. The van der Waals surface area contributed by atoms with Gasteiger partial charge in [-0.1, -0.05) is 122 Å². The molecule has 3 aromatic carbocycles. The summed E-state index contributed by atoms with van der Waals surface area (Å²) < 4.78 is 12.2. The molecule has 41 heavy (non-hydrogen) atoms. The molecule has 0 atom stereocenters. The van der Waals surface area contributed by atoms with Gasteiger partial charge in [0.2, 0.25) is 0 Å². The van der Waals surface area contributed by atoms with Gasteiger partial charge in [0.1, 0.15) is 11.5 Å². The van der Waals surface area contributed by atoms with Crippen molar-refractivity contribution in [1.29, 1.82) is 0 Å². The van der Waals surface area contributed by atoms with Crippen LogP contribution >= 0.6 is 0 Å². The van der Waals surface area contributed by atoms with Gasteiger partial charge in [-0.2, -0.15) is 0 Å². The molecule has 0 amide bonds. The molecule has 0 N–H and O–H groups in total. The summed E-state index contributed by atoms with van der Waals surface area (Å²) in [5.41, 5.74) is 0.